The molecule has 0 saturated carbocycles. The van der Waals surface area contributed by atoms with Gasteiger partial charge in [-0.2, -0.15) is 0 Å². The highest BCUT2D eigenvalue weighted by molar-refractivity contribution is 9.10. The molecular formula is C18H21BrN2. The minimum absolute atomic E-state index is 0.489. The second-order valence-corrected chi connectivity index (χ2v) is 6.75. The third-order valence-corrected chi connectivity index (χ3v) is 4.41. The molecule has 0 saturated heterocycles. The van der Waals surface area contributed by atoms with E-state index in [0.29, 0.717) is 6.04 Å². The van der Waals surface area contributed by atoms with E-state index < -0.39 is 0 Å². The Morgan fingerprint density at radius 1 is 1.14 bits per heavy atom. The van der Waals surface area contributed by atoms with Crippen molar-refractivity contribution in [3.8, 4) is 0 Å². The Balaban J connectivity index is 1.95. The first-order chi connectivity index (χ1) is 10.1. The Bertz CT molecular complexity index is 637. The summed E-state index contributed by atoms with van der Waals surface area (Å²) in [6, 6.07) is 15.8. The molecule has 0 atom stereocenters. The van der Waals surface area contributed by atoms with E-state index in [1.54, 1.807) is 0 Å². The number of hydrogen-bond acceptors (Lipinski definition) is 2. The van der Waals surface area contributed by atoms with Crippen LogP contribution in [0.15, 0.2) is 46.9 Å². The summed E-state index contributed by atoms with van der Waals surface area (Å²) in [5, 5.41) is 3.53. The number of para-hydroxylation sites is 1. The van der Waals surface area contributed by atoms with E-state index in [1.165, 1.54) is 22.5 Å². The summed E-state index contributed by atoms with van der Waals surface area (Å²) in [4.78, 5) is 2.44. The Hall–Kier alpha value is -1.32. The Morgan fingerprint density at radius 3 is 2.76 bits per heavy atom. The second-order valence-electron chi connectivity index (χ2n) is 5.84. The monoisotopic (exact) mass is 344 g/mol. The van der Waals surface area contributed by atoms with Gasteiger partial charge in [0.1, 0.15) is 0 Å². The maximum Gasteiger partial charge on any atom is 0.0457 e. The number of hydrogen-bond donors (Lipinski definition) is 1. The van der Waals surface area contributed by atoms with E-state index in [2.05, 4.69) is 82.5 Å². The largest absolute Gasteiger partial charge is 0.341 e. The van der Waals surface area contributed by atoms with E-state index in [1.807, 2.05) is 0 Å². The number of halogens is 1. The zero-order valence-electron chi connectivity index (χ0n) is 12.6. The van der Waals surface area contributed by atoms with Gasteiger partial charge < -0.3 is 10.2 Å². The zero-order chi connectivity index (χ0) is 14.8. The lowest BCUT2D eigenvalue weighted by Crippen LogP contribution is -2.24. The van der Waals surface area contributed by atoms with Crippen LogP contribution < -0.4 is 10.2 Å². The normalized spacial score (nSPS) is 13.8. The molecule has 0 radical (unpaired) electrons. The molecule has 0 bridgehead atoms. The van der Waals surface area contributed by atoms with Crippen molar-refractivity contribution < 1.29 is 0 Å². The predicted molar refractivity (Wildman–Crippen MR) is 93.3 cm³/mol. The Morgan fingerprint density at radius 2 is 1.95 bits per heavy atom. The molecule has 2 nitrogen and oxygen atoms in total. The van der Waals surface area contributed by atoms with Crippen LogP contribution in [0.2, 0.25) is 0 Å². The molecule has 3 rings (SSSR count). The van der Waals surface area contributed by atoms with Crippen LogP contribution in [0.4, 0.5) is 11.4 Å². The van der Waals surface area contributed by atoms with E-state index in [4.69, 9.17) is 0 Å². The third-order valence-electron chi connectivity index (χ3n) is 3.92. The number of fused-ring (bicyclic) bond motifs is 1. The van der Waals surface area contributed by atoms with Gasteiger partial charge in [-0.05, 0) is 41.8 Å². The van der Waals surface area contributed by atoms with Crippen LogP contribution in [0.1, 0.15) is 25.0 Å². The van der Waals surface area contributed by atoms with Gasteiger partial charge in [-0.1, -0.05) is 48.0 Å². The van der Waals surface area contributed by atoms with E-state index in [9.17, 15) is 0 Å². The van der Waals surface area contributed by atoms with Gasteiger partial charge in [-0.15, -0.1) is 0 Å². The predicted octanol–water partition coefficient (Wildman–Crippen LogP) is 4.64. The highest BCUT2D eigenvalue weighted by atomic mass is 79.9. The van der Waals surface area contributed by atoms with Crippen LogP contribution in [0.5, 0.6) is 0 Å². The van der Waals surface area contributed by atoms with Crippen LogP contribution in [-0.2, 0) is 13.0 Å². The van der Waals surface area contributed by atoms with Crippen molar-refractivity contribution in [1.82, 2.24) is 5.32 Å². The number of benzene rings is 2. The highest BCUT2D eigenvalue weighted by Crippen LogP contribution is 2.37. The molecule has 1 aliphatic heterocycles. The smallest absolute Gasteiger partial charge is 0.0457 e. The Labute approximate surface area is 135 Å². The zero-order valence-corrected chi connectivity index (χ0v) is 14.2. The number of rotatable bonds is 4. The lowest BCUT2D eigenvalue weighted by Gasteiger charge is -2.24. The average Bonchev–Trinajstić information content (AvgIpc) is 2.89. The van der Waals surface area contributed by atoms with Crippen LogP contribution >= 0.6 is 15.9 Å². The topological polar surface area (TPSA) is 15.3 Å². The average molecular weight is 345 g/mol. The summed E-state index contributed by atoms with van der Waals surface area (Å²) < 4.78 is 1.14. The van der Waals surface area contributed by atoms with Crippen LogP contribution in [0.25, 0.3) is 0 Å². The van der Waals surface area contributed by atoms with Gasteiger partial charge in [-0.25, -0.2) is 0 Å². The highest BCUT2D eigenvalue weighted by Gasteiger charge is 2.21. The van der Waals surface area contributed by atoms with Gasteiger partial charge in [0.15, 0.2) is 0 Å². The number of nitrogens with zero attached hydrogens (tertiary/aromatic N) is 1. The quantitative estimate of drug-likeness (QED) is 0.868. The molecule has 0 fully saturated rings. The SMILES string of the molecule is CC(C)NCc1cc(Br)ccc1N1CCc2ccccc21. The summed E-state index contributed by atoms with van der Waals surface area (Å²) >= 11 is 3.60. The first-order valence-corrected chi connectivity index (χ1v) is 8.31. The molecule has 3 heteroatoms. The van der Waals surface area contributed by atoms with Crippen molar-refractivity contribution in [2.45, 2.75) is 32.9 Å². The van der Waals surface area contributed by atoms with Gasteiger partial charge in [0, 0.05) is 35.0 Å². The molecule has 0 amide bonds. The van der Waals surface area contributed by atoms with Gasteiger partial charge in [-0.3, -0.25) is 0 Å². The molecule has 2 aromatic carbocycles. The molecule has 1 N–H and O–H groups in total. The van der Waals surface area contributed by atoms with Gasteiger partial charge in [0.25, 0.3) is 0 Å². The molecule has 0 aromatic heterocycles. The first-order valence-electron chi connectivity index (χ1n) is 7.52. The summed E-state index contributed by atoms with van der Waals surface area (Å²) in [5.74, 6) is 0. The molecule has 0 spiro atoms. The van der Waals surface area contributed by atoms with Crippen LogP contribution in [-0.4, -0.2) is 12.6 Å². The minimum Gasteiger partial charge on any atom is -0.341 e. The summed E-state index contributed by atoms with van der Waals surface area (Å²) in [7, 11) is 0. The fourth-order valence-electron chi connectivity index (χ4n) is 2.86. The molecular weight excluding hydrogens is 324 g/mol. The minimum atomic E-state index is 0.489. The van der Waals surface area contributed by atoms with E-state index in [0.717, 1.165) is 24.0 Å². The standard InChI is InChI=1S/C18H21BrN2/c1-13(2)20-12-15-11-16(19)7-8-18(15)21-10-9-14-5-3-4-6-17(14)21/h3-8,11,13,20H,9-10,12H2,1-2H3. The summed E-state index contributed by atoms with van der Waals surface area (Å²) in [5.41, 5.74) is 5.46. The van der Waals surface area contributed by atoms with E-state index in [-0.39, 0.29) is 0 Å². The van der Waals surface area contributed by atoms with E-state index >= 15 is 0 Å². The molecule has 2 aromatic rings. The summed E-state index contributed by atoms with van der Waals surface area (Å²) in [6.07, 6.45) is 1.13. The fourth-order valence-corrected chi connectivity index (χ4v) is 3.27. The third kappa shape index (κ3) is 3.14. The van der Waals surface area contributed by atoms with Crippen molar-refractivity contribution in [2.75, 3.05) is 11.4 Å². The van der Waals surface area contributed by atoms with Crippen molar-refractivity contribution in [1.29, 1.82) is 0 Å². The molecule has 0 unspecified atom stereocenters. The molecule has 0 aliphatic carbocycles. The molecule has 21 heavy (non-hydrogen) atoms. The number of nitrogens with one attached hydrogen (secondary N) is 1. The lowest BCUT2D eigenvalue weighted by atomic mass is 10.1. The Kier molecular flexibility index (Phi) is 4.32. The number of anilines is 2. The maximum absolute atomic E-state index is 3.60. The second kappa shape index (κ2) is 6.20. The molecule has 110 valence electrons. The van der Waals surface area contributed by atoms with Crippen LogP contribution in [0, 0.1) is 0 Å². The van der Waals surface area contributed by atoms with Crippen molar-refractivity contribution in [3.05, 3.63) is 58.1 Å². The van der Waals surface area contributed by atoms with Crippen LogP contribution in [0.3, 0.4) is 0 Å². The van der Waals surface area contributed by atoms with Crippen molar-refractivity contribution in [2.24, 2.45) is 0 Å². The van der Waals surface area contributed by atoms with Crippen molar-refractivity contribution >= 4 is 27.3 Å². The van der Waals surface area contributed by atoms with Gasteiger partial charge >= 0.3 is 0 Å². The maximum atomic E-state index is 3.60. The molecule has 1 heterocycles. The molecule has 1 aliphatic rings. The lowest BCUT2D eigenvalue weighted by molar-refractivity contribution is 0.588. The summed E-state index contributed by atoms with van der Waals surface area (Å²) in [6.45, 7) is 6.33. The van der Waals surface area contributed by atoms with Gasteiger partial charge in [0.05, 0.1) is 0 Å². The fraction of sp³-hybridized carbons (Fsp3) is 0.333. The van der Waals surface area contributed by atoms with Crippen molar-refractivity contribution in [3.63, 3.8) is 0 Å². The van der Waals surface area contributed by atoms with Gasteiger partial charge in [0.2, 0.25) is 0 Å². The first kappa shape index (κ1) is 14.6.